The van der Waals surface area contributed by atoms with Crippen molar-refractivity contribution in [2.24, 2.45) is 4.99 Å². The van der Waals surface area contributed by atoms with E-state index in [-0.39, 0.29) is 11.5 Å². The van der Waals surface area contributed by atoms with Gasteiger partial charge in [0.1, 0.15) is 5.75 Å². The molecule has 1 aromatic carbocycles. The average Bonchev–Trinajstić information content (AvgIpc) is 2.79. The van der Waals surface area contributed by atoms with Crippen molar-refractivity contribution in [3.05, 3.63) is 53.6 Å². The fourth-order valence-electron chi connectivity index (χ4n) is 1.96. The molecule has 2 nitrogen and oxygen atoms in total. The molecule has 0 spiro atoms. The van der Waals surface area contributed by atoms with Gasteiger partial charge in [0.25, 0.3) is 0 Å². The molecule has 0 unspecified atom stereocenters. The zero-order valence-electron chi connectivity index (χ0n) is 11.1. The number of nitrogens with zero attached hydrogens (tertiary/aromatic N) is 1. The van der Waals surface area contributed by atoms with E-state index in [4.69, 9.17) is 0 Å². The normalized spacial score (nSPS) is 15.9. The predicted molar refractivity (Wildman–Crippen MR) is 76.5 cm³/mol. The second-order valence-electron chi connectivity index (χ2n) is 5.53. The van der Waals surface area contributed by atoms with Crippen LogP contribution < -0.4 is 0 Å². The highest BCUT2D eigenvalue weighted by Crippen LogP contribution is 2.32. The minimum Gasteiger partial charge on any atom is -0.507 e. The Bertz CT molecular complexity index is 506. The number of benzene rings is 1. The molecule has 2 rings (SSSR count). The van der Waals surface area contributed by atoms with Gasteiger partial charge in [0.05, 0.1) is 6.04 Å². The van der Waals surface area contributed by atoms with Crippen LogP contribution in [0.25, 0.3) is 0 Å². The van der Waals surface area contributed by atoms with E-state index in [1.807, 2.05) is 42.5 Å². The predicted octanol–water partition coefficient (Wildman–Crippen LogP) is 3.60. The first-order valence-corrected chi connectivity index (χ1v) is 6.19. The average molecular weight is 241 g/mol. The number of allylic oxidation sites excluding steroid dienone is 2. The van der Waals surface area contributed by atoms with Gasteiger partial charge in [0, 0.05) is 11.8 Å². The minimum absolute atomic E-state index is 0.0684. The number of para-hydroxylation sites is 1. The standard InChI is InChI=1S/C16H19NO/c1-16(2,3)14-10-6-7-12(15(14)18)11-17-13-8-4-5-9-13/h4-11,13,18H,1-3H3. The first-order chi connectivity index (χ1) is 8.48. The molecule has 0 amide bonds. The molecule has 1 aliphatic carbocycles. The first kappa shape index (κ1) is 12.6. The van der Waals surface area contributed by atoms with E-state index in [9.17, 15) is 5.11 Å². The van der Waals surface area contributed by atoms with Crippen LogP contribution in [0.4, 0.5) is 0 Å². The summed E-state index contributed by atoms with van der Waals surface area (Å²) < 4.78 is 0. The van der Waals surface area contributed by atoms with E-state index in [2.05, 4.69) is 25.8 Å². The molecule has 0 atom stereocenters. The molecule has 94 valence electrons. The Kier molecular flexibility index (Phi) is 3.37. The minimum atomic E-state index is -0.0684. The van der Waals surface area contributed by atoms with Crippen molar-refractivity contribution in [3.63, 3.8) is 0 Å². The van der Waals surface area contributed by atoms with Crippen LogP contribution in [0.1, 0.15) is 31.9 Å². The fraction of sp³-hybridized carbons (Fsp3) is 0.312. The highest BCUT2D eigenvalue weighted by molar-refractivity contribution is 5.84. The van der Waals surface area contributed by atoms with Crippen LogP contribution in [-0.4, -0.2) is 17.4 Å². The van der Waals surface area contributed by atoms with Gasteiger partial charge in [-0.05, 0) is 17.0 Å². The van der Waals surface area contributed by atoms with Crippen LogP contribution in [0.3, 0.4) is 0 Å². The molecule has 0 aliphatic heterocycles. The fourth-order valence-corrected chi connectivity index (χ4v) is 1.96. The Labute approximate surface area is 108 Å². The number of hydrogen-bond acceptors (Lipinski definition) is 2. The molecule has 0 saturated carbocycles. The summed E-state index contributed by atoms with van der Waals surface area (Å²) in [6.07, 6.45) is 9.73. The van der Waals surface area contributed by atoms with E-state index in [0.29, 0.717) is 5.75 Å². The van der Waals surface area contributed by atoms with Crippen LogP contribution >= 0.6 is 0 Å². The lowest BCUT2D eigenvalue weighted by molar-refractivity contribution is 0.446. The third-order valence-electron chi connectivity index (χ3n) is 2.99. The third-order valence-corrected chi connectivity index (χ3v) is 2.99. The van der Waals surface area contributed by atoms with Gasteiger partial charge in [0.2, 0.25) is 0 Å². The molecule has 1 aromatic rings. The number of aliphatic imine (C=N–C) groups is 1. The molecular formula is C16H19NO. The van der Waals surface area contributed by atoms with Crippen molar-refractivity contribution in [1.29, 1.82) is 0 Å². The summed E-state index contributed by atoms with van der Waals surface area (Å²) in [6.45, 7) is 6.27. The van der Waals surface area contributed by atoms with E-state index in [1.54, 1.807) is 6.21 Å². The van der Waals surface area contributed by atoms with E-state index >= 15 is 0 Å². The number of phenols is 1. The lowest BCUT2D eigenvalue weighted by atomic mass is 9.85. The summed E-state index contributed by atoms with van der Waals surface area (Å²) in [4.78, 5) is 4.42. The zero-order valence-corrected chi connectivity index (χ0v) is 11.1. The topological polar surface area (TPSA) is 32.6 Å². The van der Waals surface area contributed by atoms with Crippen molar-refractivity contribution in [3.8, 4) is 5.75 Å². The summed E-state index contributed by atoms with van der Waals surface area (Å²) in [7, 11) is 0. The van der Waals surface area contributed by atoms with E-state index < -0.39 is 0 Å². The number of hydrogen-bond donors (Lipinski definition) is 1. The Morgan fingerprint density at radius 1 is 1.17 bits per heavy atom. The first-order valence-electron chi connectivity index (χ1n) is 6.19. The van der Waals surface area contributed by atoms with Gasteiger partial charge in [-0.3, -0.25) is 4.99 Å². The van der Waals surface area contributed by atoms with Gasteiger partial charge in [-0.15, -0.1) is 0 Å². The van der Waals surface area contributed by atoms with Gasteiger partial charge in [0.15, 0.2) is 0 Å². The van der Waals surface area contributed by atoms with Crippen molar-refractivity contribution >= 4 is 6.21 Å². The third kappa shape index (κ3) is 2.70. The Morgan fingerprint density at radius 2 is 1.83 bits per heavy atom. The van der Waals surface area contributed by atoms with Crippen LogP contribution in [0.2, 0.25) is 0 Å². The van der Waals surface area contributed by atoms with Gasteiger partial charge in [-0.25, -0.2) is 0 Å². The van der Waals surface area contributed by atoms with E-state index in [0.717, 1.165) is 11.1 Å². The molecule has 0 radical (unpaired) electrons. The SMILES string of the molecule is CC(C)(C)c1cccc(C=NC2C=CC=C2)c1O. The second-order valence-corrected chi connectivity index (χ2v) is 5.53. The maximum Gasteiger partial charge on any atom is 0.128 e. The molecule has 1 N–H and O–H groups in total. The Balaban J connectivity index is 2.29. The molecule has 0 bridgehead atoms. The van der Waals surface area contributed by atoms with E-state index in [1.165, 1.54) is 0 Å². The van der Waals surface area contributed by atoms with Gasteiger partial charge >= 0.3 is 0 Å². The summed E-state index contributed by atoms with van der Waals surface area (Å²) in [5.74, 6) is 0.333. The van der Waals surface area contributed by atoms with Crippen molar-refractivity contribution in [2.75, 3.05) is 0 Å². The Morgan fingerprint density at radius 3 is 2.44 bits per heavy atom. The quantitative estimate of drug-likeness (QED) is 0.788. The molecule has 1 aliphatic rings. The van der Waals surface area contributed by atoms with Crippen molar-refractivity contribution in [1.82, 2.24) is 0 Å². The van der Waals surface area contributed by atoms with Crippen LogP contribution in [0.5, 0.6) is 5.75 Å². The second kappa shape index (κ2) is 4.81. The maximum atomic E-state index is 10.3. The van der Waals surface area contributed by atoms with Gasteiger partial charge < -0.3 is 5.11 Å². The molecule has 0 saturated heterocycles. The summed E-state index contributed by atoms with van der Waals surface area (Å²) >= 11 is 0. The number of rotatable bonds is 2. The molecule has 0 fully saturated rings. The smallest absolute Gasteiger partial charge is 0.128 e. The summed E-state index contributed by atoms with van der Waals surface area (Å²) in [5, 5.41) is 10.3. The number of aromatic hydroxyl groups is 1. The summed E-state index contributed by atoms with van der Waals surface area (Å²) in [5.41, 5.74) is 1.65. The molecule has 0 aromatic heterocycles. The largest absolute Gasteiger partial charge is 0.507 e. The van der Waals surface area contributed by atoms with Gasteiger partial charge in [-0.1, -0.05) is 57.2 Å². The monoisotopic (exact) mass is 241 g/mol. The molecule has 2 heteroatoms. The van der Waals surface area contributed by atoms with Gasteiger partial charge in [-0.2, -0.15) is 0 Å². The zero-order chi connectivity index (χ0) is 13.2. The molecule has 0 heterocycles. The summed E-state index contributed by atoms with van der Waals surface area (Å²) in [6, 6.07) is 5.91. The Hall–Kier alpha value is -1.83. The van der Waals surface area contributed by atoms with Crippen LogP contribution in [0.15, 0.2) is 47.5 Å². The van der Waals surface area contributed by atoms with Crippen molar-refractivity contribution < 1.29 is 5.11 Å². The van der Waals surface area contributed by atoms with Crippen molar-refractivity contribution in [2.45, 2.75) is 32.2 Å². The van der Waals surface area contributed by atoms with Crippen LogP contribution in [-0.2, 0) is 5.41 Å². The molecular weight excluding hydrogens is 222 g/mol. The lowest BCUT2D eigenvalue weighted by Crippen LogP contribution is -2.11. The number of phenolic OH excluding ortho intramolecular Hbond substituents is 1. The maximum absolute atomic E-state index is 10.3. The lowest BCUT2D eigenvalue weighted by Gasteiger charge is -2.21. The highest BCUT2D eigenvalue weighted by Gasteiger charge is 2.19. The van der Waals surface area contributed by atoms with Crippen LogP contribution in [0, 0.1) is 0 Å². The molecule has 18 heavy (non-hydrogen) atoms. The highest BCUT2D eigenvalue weighted by atomic mass is 16.3.